The molecule has 1 rings (SSSR count). The summed E-state index contributed by atoms with van der Waals surface area (Å²) in [6, 6.07) is -0.0747. The molecular weight excluding hydrogens is 244 g/mol. The summed E-state index contributed by atoms with van der Waals surface area (Å²) in [5, 5.41) is 15.5. The van der Waals surface area contributed by atoms with Crippen LogP contribution in [0.25, 0.3) is 0 Å². The van der Waals surface area contributed by atoms with Crippen LogP contribution in [0.15, 0.2) is 0 Å². The van der Waals surface area contributed by atoms with E-state index in [2.05, 4.69) is 5.10 Å². The van der Waals surface area contributed by atoms with Gasteiger partial charge in [0.05, 0.1) is 4.92 Å². The molecule has 6 heteroatoms. The summed E-state index contributed by atoms with van der Waals surface area (Å²) in [6.45, 7) is 11.7. The molecule has 0 spiro atoms. The van der Waals surface area contributed by atoms with Crippen LogP contribution in [0.4, 0.5) is 5.69 Å². The van der Waals surface area contributed by atoms with Gasteiger partial charge < -0.3 is 5.73 Å². The van der Waals surface area contributed by atoms with Gasteiger partial charge in [-0.1, -0.05) is 20.8 Å². The van der Waals surface area contributed by atoms with E-state index in [1.807, 2.05) is 34.6 Å². The molecule has 1 atom stereocenters. The van der Waals surface area contributed by atoms with Gasteiger partial charge >= 0.3 is 5.69 Å². The van der Waals surface area contributed by atoms with E-state index in [1.165, 1.54) is 0 Å². The first-order valence-electron chi connectivity index (χ1n) is 6.53. The molecule has 6 nitrogen and oxygen atoms in total. The van der Waals surface area contributed by atoms with Crippen molar-refractivity contribution in [2.24, 2.45) is 11.1 Å². The Morgan fingerprint density at radius 2 is 1.95 bits per heavy atom. The zero-order valence-electron chi connectivity index (χ0n) is 12.6. The molecule has 0 amide bonds. The Bertz CT molecular complexity index is 472. The standard InChI is InChI=1S/C13H24N4O2/c1-8(2)16-10(7-11(14)13(4,5)6)12(17(18)19)9(3)15-16/h8,11H,7,14H2,1-6H3. The predicted octanol–water partition coefficient (Wildman–Crippen LogP) is 2.60. The first kappa shape index (κ1) is 15.6. The van der Waals surface area contributed by atoms with Crippen molar-refractivity contribution < 1.29 is 4.92 Å². The highest BCUT2D eigenvalue weighted by Crippen LogP contribution is 2.29. The molecule has 0 saturated carbocycles. The highest BCUT2D eigenvalue weighted by Gasteiger charge is 2.30. The van der Waals surface area contributed by atoms with E-state index in [9.17, 15) is 10.1 Å². The molecule has 1 heterocycles. The third kappa shape index (κ3) is 3.32. The number of hydrogen-bond acceptors (Lipinski definition) is 4. The number of aromatic nitrogens is 2. The van der Waals surface area contributed by atoms with E-state index in [-0.39, 0.29) is 28.1 Å². The predicted molar refractivity (Wildman–Crippen MR) is 75.1 cm³/mol. The molecule has 0 aromatic carbocycles. The normalized spacial score (nSPS) is 13.9. The molecule has 0 bridgehead atoms. The fourth-order valence-corrected chi connectivity index (χ4v) is 1.96. The van der Waals surface area contributed by atoms with Gasteiger partial charge in [-0.2, -0.15) is 5.10 Å². The third-order valence-corrected chi connectivity index (χ3v) is 3.35. The van der Waals surface area contributed by atoms with Gasteiger partial charge in [-0.25, -0.2) is 0 Å². The van der Waals surface area contributed by atoms with E-state index in [4.69, 9.17) is 5.73 Å². The Balaban J connectivity index is 3.27. The summed E-state index contributed by atoms with van der Waals surface area (Å²) >= 11 is 0. The van der Waals surface area contributed by atoms with Crippen molar-refractivity contribution in [3.05, 3.63) is 21.5 Å². The van der Waals surface area contributed by atoms with Gasteiger partial charge in [-0.3, -0.25) is 14.8 Å². The zero-order valence-corrected chi connectivity index (χ0v) is 12.6. The van der Waals surface area contributed by atoms with Gasteiger partial charge in [0, 0.05) is 18.5 Å². The van der Waals surface area contributed by atoms with Crippen LogP contribution in [0.3, 0.4) is 0 Å². The van der Waals surface area contributed by atoms with Crippen LogP contribution in [0.5, 0.6) is 0 Å². The van der Waals surface area contributed by atoms with E-state index >= 15 is 0 Å². The maximum Gasteiger partial charge on any atom is 0.313 e. The Labute approximate surface area is 114 Å². The second-order valence-corrected chi connectivity index (χ2v) is 6.35. The van der Waals surface area contributed by atoms with Crippen LogP contribution >= 0.6 is 0 Å². The average molecular weight is 268 g/mol. The summed E-state index contributed by atoms with van der Waals surface area (Å²) < 4.78 is 1.72. The minimum atomic E-state index is -0.355. The summed E-state index contributed by atoms with van der Waals surface area (Å²) in [6.07, 6.45) is 0.457. The molecule has 0 fully saturated rings. The summed E-state index contributed by atoms with van der Waals surface area (Å²) in [4.78, 5) is 10.9. The summed E-state index contributed by atoms with van der Waals surface area (Å²) in [5.74, 6) is 0. The number of rotatable bonds is 4. The molecule has 0 aliphatic carbocycles. The fourth-order valence-electron chi connectivity index (χ4n) is 1.96. The minimum absolute atomic E-state index is 0.0783. The monoisotopic (exact) mass is 268 g/mol. The quantitative estimate of drug-likeness (QED) is 0.671. The number of aryl methyl sites for hydroxylation is 1. The van der Waals surface area contributed by atoms with Crippen LogP contribution in [-0.4, -0.2) is 20.7 Å². The number of nitro groups is 1. The fraction of sp³-hybridized carbons (Fsp3) is 0.769. The number of nitrogens with zero attached hydrogens (tertiary/aromatic N) is 3. The van der Waals surface area contributed by atoms with E-state index < -0.39 is 0 Å². The third-order valence-electron chi connectivity index (χ3n) is 3.35. The second kappa shape index (κ2) is 5.28. The lowest BCUT2D eigenvalue weighted by Gasteiger charge is -2.27. The molecular formula is C13H24N4O2. The Morgan fingerprint density at radius 1 is 1.42 bits per heavy atom. The molecule has 1 aromatic heterocycles. The van der Waals surface area contributed by atoms with Crippen molar-refractivity contribution in [2.45, 2.75) is 60.0 Å². The van der Waals surface area contributed by atoms with Crippen LogP contribution in [-0.2, 0) is 6.42 Å². The molecule has 0 aliphatic rings. The van der Waals surface area contributed by atoms with Gasteiger partial charge in [0.15, 0.2) is 0 Å². The molecule has 1 aromatic rings. The lowest BCUT2D eigenvalue weighted by Crippen LogP contribution is -2.37. The van der Waals surface area contributed by atoms with Crippen LogP contribution in [0, 0.1) is 22.5 Å². The first-order chi connectivity index (χ1) is 8.55. The lowest BCUT2D eigenvalue weighted by atomic mass is 9.84. The number of nitrogens with two attached hydrogens (primary N) is 1. The lowest BCUT2D eigenvalue weighted by molar-refractivity contribution is -0.386. The van der Waals surface area contributed by atoms with Crippen molar-refractivity contribution in [2.75, 3.05) is 0 Å². The van der Waals surface area contributed by atoms with Gasteiger partial charge in [0.25, 0.3) is 0 Å². The van der Waals surface area contributed by atoms with E-state index in [0.717, 1.165) is 0 Å². The second-order valence-electron chi connectivity index (χ2n) is 6.35. The van der Waals surface area contributed by atoms with Gasteiger partial charge in [-0.05, 0) is 26.2 Å². The maximum absolute atomic E-state index is 11.2. The highest BCUT2D eigenvalue weighted by atomic mass is 16.6. The molecule has 2 N–H and O–H groups in total. The average Bonchev–Trinajstić information content (AvgIpc) is 2.53. The minimum Gasteiger partial charge on any atom is -0.327 e. The molecule has 0 aliphatic heterocycles. The smallest absolute Gasteiger partial charge is 0.313 e. The molecule has 108 valence electrons. The largest absolute Gasteiger partial charge is 0.327 e. The van der Waals surface area contributed by atoms with Crippen molar-refractivity contribution in [1.29, 1.82) is 0 Å². The van der Waals surface area contributed by atoms with Crippen LogP contribution < -0.4 is 5.73 Å². The molecule has 19 heavy (non-hydrogen) atoms. The van der Waals surface area contributed by atoms with E-state index in [1.54, 1.807) is 11.6 Å². The van der Waals surface area contributed by atoms with Crippen molar-refractivity contribution in [3.8, 4) is 0 Å². The van der Waals surface area contributed by atoms with Gasteiger partial charge in [0.1, 0.15) is 11.4 Å². The molecule has 1 unspecified atom stereocenters. The molecule has 0 saturated heterocycles. The Kier molecular flexibility index (Phi) is 4.35. The summed E-state index contributed by atoms with van der Waals surface area (Å²) in [5.41, 5.74) is 7.25. The topological polar surface area (TPSA) is 87.0 Å². The summed E-state index contributed by atoms with van der Waals surface area (Å²) in [7, 11) is 0. The highest BCUT2D eigenvalue weighted by molar-refractivity contribution is 5.41. The number of hydrogen-bond donors (Lipinski definition) is 1. The Hall–Kier alpha value is -1.43. The van der Waals surface area contributed by atoms with Gasteiger partial charge in [0.2, 0.25) is 0 Å². The SMILES string of the molecule is Cc1nn(C(C)C)c(CC(N)C(C)(C)C)c1[N+](=O)[O-]. The molecule has 0 radical (unpaired) electrons. The van der Waals surface area contributed by atoms with Gasteiger partial charge in [-0.15, -0.1) is 0 Å². The van der Waals surface area contributed by atoms with E-state index in [0.29, 0.717) is 17.8 Å². The van der Waals surface area contributed by atoms with Crippen LogP contribution in [0.1, 0.15) is 52.0 Å². The van der Waals surface area contributed by atoms with Crippen molar-refractivity contribution >= 4 is 5.69 Å². The Morgan fingerprint density at radius 3 is 2.32 bits per heavy atom. The maximum atomic E-state index is 11.2. The first-order valence-corrected chi connectivity index (χ1v) is 6.53. The van der Waals surface area contributed by atoms with Crippen molar-refractivity contribution in [1.82, 2.24) is 9.78 Å². The zero-order chi connectivity index (χ0) is 15.0. The van der Waals surface area contributed by atoms with Crippen LogP contribution in [0.2, 0.25) is 0 Å². The van der Waals surface area contributed by atoms with Crippen molar-refractivity contribution in [3.63, 3.8) is 0 Å².